The summed E-state index contributed by atoms with van der Waals surface area (Å²) in [5, 5.41) is 3.54. The third-order valence-electron chi connectivity index (χ3n) is 3.79. The largest absolute Gasteiger partial charge is 0.497 e. The van der Waals surface area contributed by atoms with Crippen molar-refractivity contribution in [2.45, 2.75) is 19.9 Å². The Morgan fingerprint density at radius 3 is 2.35 bits per heavy atom. The second-order valence-electron chi connectivity index (χ2n) is 5.72. The zero-order valence-corrected chi connectivity index (χ0v) is 16.1. The van der Waals surface area contributed by atoms with Gasteiger partial charge in [-0.1, -0.05) is 35.3 Å². The topological polar surface area (TPSA) is 58.6 Å². The van der Waals surface area contributed by atoms with Crippen LogP contribution in [0, 0.1) is 0 Å². The van der Waals surface area contributed by atoms with Crippen molar-refractivity contribution >= 4 is 40.7 Å². The van der Waals surface area contributed by atoms with Crippen LogP contribution in [0.25, 0.3) is 0 Å². The average molecular weight is 395 g/mol. The Hall–Kier alpha value is -2.24. The molecule has 0 saturated carbocycles. The first kappa shape index (κ1) is 20.1. The third-order valence-corrected chi connectivity index (χ3v) is 4.53. The summed E-state index contributed by atoms with van der Waals surface area (Å²) >= 11 is 11.8. The van der Waals surface area contributed by atoms with Crippen molar-refractivity contribution in [2.24, 2.45) is 0 Å². The molecule has 0 aliphatic carbocycles. The molecular weight excluding hydrogens is 375 g/mol. The van der Waals surface area contributed by atoms with Crippen molar-refractivity contribution in [3.8, 4) is 5.75 Å². The Morgan fingerprint density at radius 2 is 1.77 bits per heavy atom. The highest BCUT2D eigenvalue weighted by molar-refractivity contribution is 6.42. The van der Waals surface area contributed by atoms with Crippen LogP contribution in [-0.4, -0.2) is 30.4 Å². The van der Waals surface area contributed by atoms with Gasteiger partial charge in [-0.25, -0.2) is 0 Å². The number of hydrogen-bond acceptors (Lipinski definition) is 3. The maximum absolute atomic E-state index is 12.1. The number of amides is 2. The molecule has 0 spiro atoms. The molecule has 0 heterocycles. The van der Waals surface area contributed by atoms with Crippen LogP contribution in [0.4, 0.5) is 5.69 Å². The summed E-state index contributed by atoms with van der Waals surface area (Å²) in [7, 11) is 1.60. The third kappa shape index (κ3) is 5.93. The molecule has 138 valence electrons. The molecule has 2 aromatic carbocycles. The van der Waals surface area contributed by atoms with Crippen molar-refractivity contribution < 1.29 is 14.3 Å². The lowest BCUT2D eigenvalue weighted by Gasteiger charge is -2.21. The maximum Gasteiger partial charge on any atom is 0.226 e. The molecule has 0 unspecified atom stereocenters. The molecule has 0 atom stereocenters. The summed E-state index contributed by atoms with van der Waals surface area (Å²) in [5.41, 5.74) is 1.53. The van der Waals surface area contributed by atoms with Crippen molar-refractivity contribution in [3.05, 3.63) is 58.1 Å². The van der Waals surface area contributed by atoms with Crippen LogP contribution in [0.15, 0.2) is 42.5 Å². The van der Waals surface area contributed by atoms with Gasteiger partial charge in [0, 0.05) is 32.1 Å². The Bertz CT molecular complexity index is 779. The number of methoxy groups -OCH3 is 1. The fourth-order valence-corrected chi connectivity index (χ4v) is 2.63. The van der Waals surface area contributed by atoms with Gasteiger partial charge in [0.05, 0.1) is 17.2 Å². The highest BCUT2D eigenvalue weighted by atomic mass is 35.5. The quantitative estimate of drug-likeness (QED) is 0.757. The van der Waals surface area contributed by atoms with E-state index in [1.54, 1.807) is 30.2 Å². The summed E-state index contributed by atoms with van der Waals surface area (Å²) < 4.78 is 5.12. The van der Waals surface area contributed by atoms with Crippen molar-refractivity contribution in [3.63, 3.8) is 0 Å². The number of anilines is 1. The molecule has 1 N–H and O–H groups in total. The molecule has 5 nitrogen and oxygen atoms in total. The van der Waals surface area contributed by atoms with Gasteiger partial charge in [-0.2, -0.15) is 0 Å². The van der Waals surface area contributed by atoms with Crippen LogP contribution in [0.5, 0.6) is 5.75 Å². The number of hydrogen-bond donors (Lipinski definition) is 1. The molecule has 0 aliphatic rings. The molecule has 2 rings (SSSR count). The molecular formula is C19H20Cl2N2O3. The van der Waals surface area contributed by atoms with E-state index < -0.39 is 0 Å². The Kier molecular flexibility index (Phi) is 7.30. The minimum atomic E-state index is -0.204. The van der Waals surface area contributed by atoms with Crippen LogP contribution >= 0.6 is 23.2 Å². The van der Waals surface area contributed by atoms with Crippen LogP contribution in [-0.2, 0) is 16.1 Å². The van der Waals surface area contributed by atoms with E-state index in [9.17, 15) is 9.59 Å². The summed E-state index contributed by atoms with van der Waals surface area (Å²) in [6.45, 7) is 2.23. The summed E-state index contributed by atoms with van der Waals surface area (Å²) in [6.07, 6.45) is 0.177. The van der Waals surface area contributed by atoms with Gasteiger partial charge in [0.2, 0.25) is 11.8 Å². The highest BCUT2D eigenvalue weighted by Gasteiger charge is 2.12. The van der Waals surface area contributed by atoms with Crippen molar-refractivity contribution in [1.29, 1.82) is 0 Å². The predicted octanol–water partition coefficient (Wildman–Crippen LogP) is 4.38. The van der Waals surface area contributed by atoms with Crippen LogP contribution in [0.3, 0.4) is 0 Å². The van der Waals surface area contributed by atoms with Gasteiger partial charge in [-0.3, -0.25) is 9.59 Å². The van der Waals surface area contributed by atoms with E-state index in [4.69, 9.17) is 27.9 Å². The van der Waals surface area contributed by atoms with E-state index in [0.29, 0.717) is 28.8 Å². The average Bonchev–Trinajstić information content (AvgIpc) is 2.62. The summed E-state index contributed by atoms with van der Waals surface area (Å²) in [4.78, 5) is 25.6. The van der Waals surface area contributed by atoms with Gasteiger partial charge in [0.15, 0.2) is 0 Å². The van der Waals surface area contributed by atoms with Crippen LogP contribution < -0.4 is 10.1 Å². The molecule has 2 amide bonds. The Morgan fingerprint density at radius 1 is 1.08 bits per heavy atom. The second kappa shape index (κ2) is 9.46. The van der Waals surface area contributed by atoms with Gasteiger partial charge >= 0.3 is 0 Å². The van der Waals surface area contributed by atoms with E-state index in [0.717, 1.165) is 11.3 Å². The molecule has 0 aromatic heterocycles. The smallest absolute Gasteiger partial charge is 0.226 e. The lowest BCUT2D eigenvalue weighted by molar-refractivity contribution is -0.129. The van der Waals surface area contributed by atoms with Gasteiger partial charge < -0.3 is 15.0 Å². The van der Waals surface area contributed by atoms with Gasteiger partial charge in [-0.05, 0) is 35.9 Å². The lowest BCUT2D eigenvalue weighted by atomic mass is 10.2. The molecule has 0 fully saturated rings. The Labute approximate surface area is 162 Å². The minimum absolute atomic E-state index is 0.0943. The zero-order chi connectivity index (χ0) is 19.1. The number of nitrogens with zero attached hydrogens (tertiary/aromatic N) is 1. The fraction of sp³-hybridized carbons (Fsp3) is 0.263. The number of nitrogens with one attached hydrogen (secondary N) is 1. The molecule has 26 heavy (non-hydrogen) atoms. The molecule has 0 bridgehead atoms. The Balaban J connectivity index is 1.91. The minimum Gasteiger partial charge on any atom is -0.497 e. The monoisotopic (exact) mass is 394 g/mol. The molecule has 0 radical (unpaired) electrons. The number of halogens is 2. The number of benzene rings is 2. The van der Waals surface area contributed by atoms with E-state index in [1.807, 2.05) is 24.3 Å². The summed E-state index contributed by atoms with van der Waals surface area (Å²) in [6, 6.07) is 12.3. The number of ether oxygens (including phenoxy) is 1. The molecule has 0 aliphatic heterocycles. The van der Waals surface area contributed by atoms with E-state index in [-0.39, 0.29) is 18.2 Å². The standard InChI is InChI=1S/C19H20Cl2N2O3/c1-13(24)23(12-14-3-6-16(26-2)7-4-14)10-9-19(25)22-15-5-8-17(20)18(21)11-15/h3-8,11H,9-10,12H2,1-2H3,(H,22,25). The van der Waals surface area contributed by atoms with Gasteiger partial charge in [-0.15, -0.1) is 0 Å². The maximum atomic E-state index is 12.1. The summed E-state index contributed by atoms with van der Waals surface area (Å²) in [5.74, 6) is 0.455. The normalized spacial score (nSPS) is 10.3. The van der Waals surface area contributed by atoms with E-state index in [1.165, 1.54) is 6.92 Å². The second-order valence-corrected chi connectivity index (χ2v) is 6.53. The van der Waals surface area contributed by atoms with Crippen LogP contribution in [0.2, 0.25) is 10.0 Å². The first-order valence-corrected chi connectivity index (χ1v) is 8.78. The van der Waals surface area contributed by atoms with Crippen molar-refractivity contribution in [2.75, 3.05) is 19.0 Å². The van der Waals surface area contributed by atoms with Crippen LogP contribution in [0.1, 0.15) is 18.9 Å². The fourth-order valence-electron chi connectivity index (χ4n) is 2.33. The van der Waals surface area contributed by atoms with Gasteiger partial charge in [0.1, 0.15) is 5.75 Å². The molecule has 7 heteroatoms. The zero-order valence-electron chi connectivity index (χ0n) is 14.6. The molecule has 2 aromatic rings. The molecule has 0 saturated heterocycles. The number of carbonyl (C=O) groups excluding carboxylic acids is 2. The first-order valence-electron chi connectivity index (χ1n) is 8.02. The first-order chi connectivity index (χ1) is 12.4. The number of rotatable bonds is 7. The van der Waals surface area contributed by atoms with Crippen molar-refractivity contribution in [1.82, 2.24) is 4.90 Å². The van der Waals surface area contributed by atoms with Gasteiger partial charge in [0.25, 0.3) is 0 Å². The number of carbonyl (C=O) groups is 2. The van der Waals surface area contributed by atoms with E-state index >= 15 is 0 Å². The lowest BCUT2D eigenvalue weighted by Crippen LogP contribution is -2.31. The SMILES string of the molecule is COc1ccc(CN(CCC(=O)Nc2ccc(Cl)c(Cl)c2)C(C)=O)cc1. The highest BCUT2D eigenvalue weighted by Crippen LogP contribution is 2.25. The predicted molar refractivity (Wildman–Crippen MR) is 104 cm³/mol. The van der Waals surface area contributed by atoms with E-state index in [2.05, 4.69) is 5.32 Å².